The Balaban J connectivity index is 2.01. The molecule has 0 spiro atoms. The maximum absolute atomic E-state index is 5.93. The number of rotatable bonds is 2. The second kappa shape index (κ2) is 3.83. The summed E-state index contributed by atoms with van der Waals surface area (Å²) in [4.78, 5) is 7.08. The lowest BCUT2D eigenvalue weighted by atomic mass is 10.2. The molecule has 3 N–H and O–H groups in total. The van der Waals surface area contributed by atoms with Gasteiger partial charge in [0.25, 0.3) is 0 Å². The molecule has 3 aromatic rings. The van der Waals surface area contributed by atoms with Gasteiger partial charge in [0.05, 0.1) is 17.4 Å². The number of aromatic nitrogens is 2. The number of pyridine rings is 1. The molecular formula is C13H11N3O. The number of benzene rings is 1. The molecule has 0 bridgehead atoms. The third-order valence-corrected chi connectivity index (χ3v) is 2.53. The summed E-state index contributed by atoms with van der Waals surface area (Å²) in [6.07, 6.45) is 5.23. The molecule has 3 rings (SSSR count). The van der Waals surface area contributed by atoms with Gasteiger partial charge in [0.2, 0.25) is 0 Å². The first-order valence-electron chi connectivity index (χ1n) is 5.27. The molecule has 0 radical (unpaired) electrons. The van der Waals surface area contributed by atoms with Gasteiger partial charge in [-0.15, -0.1) is 0 Å². The summed E-state index contributed by atoms with van der Waals surface area (Å²) < 4.78 is 5.68. The topological polar surface area (TPSA) is 63.9 Å². The Bertz CT molecular complexity index is 646. The van der Waals surface area contributed by atoms with Crippen LogP contribution in [0.3, 0.4) is 0 Å². The quantitative estimate of drug-likeness (QED) is 0.659. The minimum atomic E-state index is 0.673. The average molecular weight is 225 g/mol. The SMILES string of the molecule is Nc1cc(Oc2cccnc2)cc2cc[nH]c12. The van der Waals surface area contributed by atoms with Crippen LogP contribution in [0.2, 0.25) is 0 Å². The van der Waals surface area contributed by atoms with Gasteiger partial charge in [0.15, 0.2) is 0 Å². The third kappa shape index (κ3) is 1.80. The standard InChI is InChI=1S/C13H11N3O/c14-12-7-11(6-9-3-5-16-13(9)12)17-10-2-1-4-15-8-10/h1-8,16H,14H2. The number of hydrogen-bond acceptors (Lipinski definition) is 3. The Labute approximate surface area is 98.1 Å². The van der Waals surface area contributed by atoms with E-state index in [-0.39, 0.29) is 0 Å². The van der Waals surface area contributed by atoms with Crippen LogP contribution in [0.1, 0.15) is 0 Å². The van der Waals surface area contributed by atoms with Crippen molar-refractivity contribution in [3.05, 3.63) is 48.9 Å². The average Bonchev–Trinajstić information content (AvgIpc) is 2.79. The summed E-state index contributed by atoms with van der Waals surface area (Å²) in [5.41, 5.74) is 7.53. The largest absolute Gasteiger partial charge is 0.456 e. The highest BCUT2D eigenvalue weighted by Gasteiger charge is 2.04. The van der Waals surface area contributed by atoms with Gasteiger partial charge in [-0.25, -0.2) is 0 Å². The number of hydrogen-bond donors (Lipinski definition) is 2. The summed E-state index contributed by atoms with van der Waals surface area (Å²) >= 11 is 0. The minimum absolute atomic E-state index is 0.673. The molecule has 0 aliphatic carbocycles. The van der Waals surface area contributed by atoms with Crippen LogP contribution in [0.5, 0.6) is 11.5 Å². The number of nitrogens with zero attached hydrogens (tertiary/aromatic N) is 1. The zero-order valence-corrected chi connectivity index (χ0v) is 9.05. The van der Waals surface area contributed by atoms with E-state index >= 15 is 0 Å². The molecule has 0 unspecified atom stereocenters. The first kappa shape index (κ1) is 9.72. The van der Waals surface area contributed by atoms with Crippen LogP contribution in [0.4, 0.5) is 5.69 Å². The smallest absolute Gasteiger partial charge is 0.145 e. The Morgan fingerprint density at radius 2 is 2.12 bits per heavy atom. The fourth-order valence-corrected chi connectivity index (χ4v) is 1.77. The second-order valence-electron chi connectivity index (χ2n) is 3.75. The molecule has 84 valence electrons. The molecule has 0 aliphatic heterocycles. The maximum Gasteiger partial charge on any atom is 0.145 e. The van der Waals surface area contributed by atoms with Crippen molar-refractivity contribution >= 4 is 16.6 Å². The number of fused-ring (bicyclic) bond motifs is 1. The molecule has 0 amide bonds. The lowest BCUT2D eigenvalue weighted by Gasteiger charge is -2.06. The Hall–Kier alpha value is -2.49. The van der Waals surface area contributed by atoms with Crippen molar-refractivity contribution in [3.8, 4) is 11.5 Å². The van der Waals surface area contributed by atoms with Crippen LogP contribution in [-0.4, -0.2) is 9.97 Å². The van der Waals surface area contributed by atoms with Gasteiger partial charge in [-0.1, -0.05) is 0 Å². The van der Waals surface area contributed by atoms with Crippen molar-refractivity contribution in [2.45, 2.75) is 0 Å². The normalized spacial score (nSPS) is 10.6. The minimum Gasteiger partial charge on any atom is -0.456 e. The van der Waals surface area contributed by atoms with E-state index in [9.17, 15) is 0 Å². The summed E-state index contributed by atoms with van der Waals surface area (Å²) in [5, 5.41) is 1.03. The van der Waals surface area contributed by atoms with Crippen LogP contribution in [-0.2, 0) is 0 Å². The zero-order valence-electron chi connectivity index (χ0n) is 9.05. The van der Waals surface area contributed by atoms with E-state index < -0.39 is 0 Å². The van der Waals surface area contributed by atoms with Crippen molar-refractivity contribution in [3.63, 3.8) is 0 Å². The molecule has 4 nitrogen and oxygen atoms in total. The monoisotopic (exact) mass is 225 g/mol. The van der Waals surface area contributed by atoms with E-state index in [1.807, 2.05) is 30.5 Å². The highest BCUT2D eigenvalue weighted by Crippen LogP contribution is 2.29. The molecule has 17 heavy (non-hydrogen) atoms. The Morgan fingerprint density at radius 3 is 2.94 bits per heavy atom. The van der Waals surface area contributed by atoms with Gasteiger partial charge in [-0.3, -0.25) is 4.98 Å². The predicted octanol–water partition coefficient (Wildman–Crippen LogP) is 2.94. The van der Waals surface area contributed by atoms with Crippen molar-refractivity contribution in [1.82, 2.24) is 9.97 Å². The molecule has 0 atom stereocenters. The van der Waals surface area contributed by atoms with Crippen LogP contribution in [0.25, 0.3) is 10.9 Å². The zero-order chi connectivity index (χ0) is 11.7. The molecule has 0 saturated heterocycles. The third-order valence-electron chi connectivity index (χ3n) is 2.53. The fraction of sp³-hybridized carbons (Fsp3) is 0. The highest BCUT2D eigenvalue weighted by atomic mass is 16.5. The summed E-state index contributed by atoms with van der Waals surface area (Å²) in [5.74, 6) is 1.41. The highest BCUT2D eigenvalue weighted by molar-refractivity contribution is 5.91. The first-order valence-corrected chi connectivity index (χ1v) is 5.27. The number of H-pyrrole nitrogens is 1. The predicted molar refractivity (Wildman–Crippen MR) is 67.0 cm³/mol. The van der Waals surface area contributed by atoms with Gasteiger partial charge < -0.3 is 15.5 Å². The number of nitrogens with two attached hydrogens (primary N) is 1. The molecule has 2 aromatic heterocycles. The first-order chi connectivity index (χ1) is 8.33. The summed E-state index contributed by atoms with van der Waals surface area (Å²) in [7, 11) is 0. The van der Waals surface area contributed by atoms with Crippen molar-refractivity contribution < 1.29 is 4.74 Å². The molecule has 1 aromatic carbocycles. The van der Waals surface area contributed by atoms with E-state index in [2.05, 4.69) is 9.97 Å². The van der Waals surface area contributed by atoms with Crippen LogP contribution in [0.15, 0.2) is 48.9 Å². The fourth-order valence-electron chi connectivity index (χ4n) is 1.77. The molecule has 4 heteroatoms. The summed E-state index contributed by atoms with van der Waals surface area (Å²) in [6, 6.07) is 9.38. The van der Waals surface area contributed by atoms with Crippen molar-refractivity contribution in [2.24, 2.45) is 0 Å². The van der Waals surface area contributed by atoms with Gasteiger partial charge in [0.1, 0.15) is 11.5 Å². The van der Waals surface area contributed by atoms with Gasteiger partial charge in [-0.05, 0) is 24.3 Å². The molecule has 0 aliphatic rings. The number of ether oxygens (including phenoxy) is 1. The second-order valence-corrected chi connectivity index (χ2v) is 3.75. The van der Waals surface area contributed by atoms with Crippen LogP contribution >= 0.6 is 0 Å². The van der Waals surface area contributed by atoms with Crippen molar-refractivity contribution in [1.29, 1.82) is 0 Å². The lowest BCUT2D eigenvalue weighted by molar-refractivity contribution is 0.481. The van der Waals surface area contributed by atoms with E-state index in [1.165, 1.54) is 0 Å². The van der Waals surface area contributed by atoms with Crippen molar-refractivity contribution in [2.75, 3.05) is 5.73 Å². The van der Waals surface area contributed by atoms with Gasteiger partial charge >= 0.3 is 0 Å². The van der Waals surface area contributed by atoms with Gasteiger partial charge in [-0.2, -0.15) is 0 Å². The summed E-state index contributed by atoms with van der Waals surface area (Å²) in [6.45, 7) is 0. The van der Waals surface area contributed by atoms with E-state index in [0.29, 0.717) is 17.2 Å². The van der Waals surface area contributed by atoms with Crippen LogP contribution < -0.4 is 10.5 Å². The molecular weight excluding hydrogens is 214 g/mol. The van der Waals surface area contributed by atoms with E-state index in [0.717, 1.165) is 10.9 Å². The number of aromatic amines is 1. The maximum atomic E-state index is 5.93. The molecule has 0 saturated carbocycles. The lowest BCUT2D eigenvalue weighted by Crippen LogP contribution is -1.90. The van der Waals surface area contributed by atoms with Gasteiger partial charge in [0, 0.05) is 23.8 Å². The molecule has 0 fully saturated rings. The number of anilines is 1. The van der Waals surface area contributed by atoms with E-state index in [1.54, 1.807) is 18.5 Å². The van der Waals surface area contributed by atoms with Crippen LogP contribution in [0, 0.1) is 0 Å². The molecule has 2 heterocycles. The van der Waals surface area contributed by atoms with E-state index in [4.69, 9.17) is 10.5 Å². The Morgan fingerprint density at radius 1 is 1.18 bits per heavy atom. The number of nitrogen functional groups attached to an aromatic ring is 1. The number of nitrogens with one attached hydrogen (secondary N) is 1. The Kier molecular flexibility index (Phi) is 2.19.